The predicted molar refractivity (Wildman–Crippen MR) is 66.4 cm³/mol. The Bertz CT molecular complexity index is 359. The minimum Gasteiger partial charge on any atom is -0.548 e. The SMILES string of the molecule is O=C=O.[C-]#[N+]C1(C)CC=C(O[Si](C)(C)C)CC1. The van der Waals surface area contributed by atoms with Crippen molar-refractivity contribution >= 4 is 14.5 Å². The average molecular weight is 253 g/mol. The van der Waals surface area contributed by atoms with E-state index in [-0.39, 0.29) is 11.7 Å². The van der Waals surface area contributed by atoms with Crippen LogP contribution in [-0.2, 0) is 14.0 Å². The average Bonchev–Trinajstić information content (AvgIpc) is 2.21. The molecular formula is C12H19NO3Si. The van der Waals surface area contributed by atoms with Crippen molar-refractivity contribution in [3.05, 3.63) is 23.3 Å². The van der Waals surface area contributed by atoms with E-state index in [2.05, 4.69) is 30.6 Å². The van der Waals surface area contributed by atoms with Gasteiger partial charge in [0.15, 0.2) is 0 Å². The van der Waals surface area contributed by atoms with Gasteiger partial charge in [0.1, 0.15) is 0 Å². The van der Waals surface area contributed by atoms with Crippen molar-refractivity contribution in [3.63, 3.8) is 0 Å². The highest BCUT2D eigenvalue weighted by atomic mass is 28.4. The van der Waals surface area contributed by atoms with Gasteiger partial charge in [-0.05, 0) is 25.7 Å². The molecule has 94 valence electrons. The lowest BCUT2D eigenvalue weighted by Gasteiger charge is -2.27. The number of carbonyl (C=O) groups excluding carboxylic acids is 2. The van der Waals surface area contributed by atoms with Crippen LogP contribution >= 0.6 is 0 Å². The van der Waals surface area contributed by atoms with Crippen molar-refractivity contribution in [2.75, 3.05) is 0 Å². The minimum atomic E-state index is -1.45. The first-order valence-corrected chi connectivity index (χ1v) is 8.93. The van der Waals surface area contributed by atoms with E-state index in [1.54, 1.807) is 0 Å². The molecule has 0 saturated heterocycles. The third-order valence-corrected chi connectivity index (χ3v) is 3.26. The molecule has 0 aromatic rings. The molecule has 0 spiro atoms. The zero-order chi connectivity index (χ0) is 13.5. The van der Waals surface area contributed by atoms with Crippen molar-refractivity contribution in [1.29, 1.82) is 0 Å². The highest BCUT2D eigenvalue weighted by Gasteiger charge is 2.33. The Morgan fingerprint density at radius 3 is 2.29 bits per heavy atom. The molecule has 4 nitrogen and oxygen atoms in total. The van der Waals surface area contributed by atoms with Gasteiger partial charge in [-0.3, -0.25) is 0 Å². The van der Waals surface area contributed by atoms with Crippen LogP contribution in [0.3, 0.4) is 0 Å². The molecule has 0 amide bonds. The van der Waals surface area contributed by atoms with E-state index in [1.807, 2.05) is 6.92 Å². The van der Waals surface area contributed by atoms with Crippen LogP contribution in [0.15, 0.2) is 11.8 Å². The lowest BCUT2D eigenvalue weighted by Crippen LogP contribution is -2.28. The van der Waals surface area contributed by atoms with Crippen LogP contribution in [0, 0.1) is 6.57 Å². The lowest BCUT2D eigenvalue weighted by molar-refractivity contribution is -0.191. The Morgan fingerprint density at radius 2 is 2.00 bits per heavy atom. The summed E-state index contributed by atoms with van der Waals surface area (Å²) in [6, 6.07) is 0. The molecule has 1 unspecified atom stereocenters. The number of nitrogens with zero attached hydrogens (tertiary/aromatic N) is 1. The van der Waals surface area contributed by atoms with E-state index < -0.39 is 8.32 Å². The maximum Gasteiger partial charge on any atom is 0.373 e. The molecule has 0 N–H and O–H groups in total. The van der Waals surface area contributed by atoms with Gasteiger partial charge in [-0.1, -0.05) is 0 Å². The summed E-state index contributed by atoms with van der Waals surface area (Å²) >= 11 is 0. The third kappa shape index (κ3) is 6.72. The monoisotopic (exact) mass is 253 g/mol. The third-order valence-electron chi connectivity index (χ3n) is 2.39. The summed E-state index contributed by atoms with van der Waals surface area (Å²) in [4.78, 5) is 19.9. The van der Waals surface area contributed by atoms with Crippen LogP contribution in [0.4, 0.5) is 0 Å². The topological polar surface area (TPSA) is 47.7 Å². The van der Waals surface area contributed by atoms with Gasteiger partial charge in [-0.15, -0.1) is 0 Å². The van der Waals surface area contributed by atoms with E-state index in [4.69, 9.17) is 20.6 Å². The normalized spacial score (nSPS) is 23.4. The molecule has 0 fully saturated rings. The fourth-order valence-corrected chi connectivity index (χ4v) is 2.49. The summed E-state index contributed by atoms with van der Waals surface area (Å²) in [6.07, 6.45) is 5.08. The highest BCUT2D eigenvalue weighted by Crippen LogP contribution is 2.32. The summed E-state index contributed by atoms with van der Waals surface area (Å²) in [6.45, 7) is 15.7. The smallest absolute Gasteiger partial charge is 0.373 e. The molecule has 5 heteroatoms. The first-order chi connectivity index (χ1) is 7.76. The fourth-order valence-electron chi connectivity index (χ4n) is 1.52. The van der Waals surface area contributed by atoms with Crippen molar-refractivity contribution in [2.24, 2.45) is 0 Å². The van der Waals surface area contributed by atoms with E-state index in [1.165, 1.54) is 0 Å². The van der Waals surface area contributed by atoms with Crippen molar-refractivity contribution < 1.29 is 14.0 Å². The number of hydrogen-bond acceptors (Lipinski definition) is 3. The predicted octanol–water partition coefficient (Wildman–Crippen LogP) is 3.00. The Kier molecular flexibility index (Phi) is 5.87. The summed E-state index contributed by atoms with van der Waals surface area (Å²) in [5, 5.41) is 0. The quantitative estimate of drug-likeness (QED) is 0.561. The zero-order valence-electron chi connectivity index (χ0n) is 10.9. The molecule has 1 rings (SSSR count). The zero-order valence-corrected chi connectivity index (χ0v) is 11.9. The number of hydrogen-bond donors (Lipinski definition) is 0. The van der Waals surface area contributed by atoms with Crippen molar-refractivity contribution in [2.45, 2.75) is 51.4 Å². The van der Waals surface area contributed by atoms with E-state index in [0.717, 1.165) is 25.0 Å². The van der Waals surface area contributed by atoms with Crippen LogP contribution in [0.1, 0.15) is 26.2 Å². The van der Waals surface area contributed by atoms with Gasteiger partial charge < -0.3 is 9.27 Å². The molecule has 0 saturated carbocycles. The first kappa shape index (κ1) is 15.6. The molecular weight excluding hydrogens is 234 g/mol. The molecule has 0 aromatic carbocycles. The second-order valence-corrected chi connectivity index (χ2v) is 9.71. The number of allylic oxidation sites excluding steroid dienone is 1. The summed E-state index contributed by atoms with van der Waals surface area (Å²) in [5.74, 6) is 1.12. The summed E-state index contributed by atoms with van der Waals surface area (Å²) in [5.41, 5.74) is -0.174. The Labute approximate surface area is 104 Å². The molecule has 1 atom stereocenters. The maximum atomic E-state index is 8.12. The second-order valence-electron chi connectivity index (χ2n) is 5.28. The van der Waals surface area contributed by atoms with Gasteiger partial charge in [-0.2, -0.15) is 9.59 Å². The van der Waals surface area contributed by atoms with Crippen LogP contribution in [0.5, 0.6) is 0 Å². The molecule has 17 heavy (non-hydrogen) atoms. The summed E-state index contributed by atoms with van der Waals surface area (Å²) < 4.78 is 5.91. The van der Waals surface area contributed by atoms with Gasteiger partial charge in [0.25, 0.3) is 0 Å². The first-order valence-electron chi connectivity index (χ1n) is 5.52. The van der Waals surface area contributed by atoms with Gasteiger partial charge in [0.05, 0.1) is 5.76 Å². The molecule has 0 bridgehead atoms. The van der Waals surface area contributed by atoms with Crippen LogP contribution < -0.4 is 0 Å². The fraction of sp³-hybridized carbons (Fsp3) is 0.667. The van der Waals surface area contributed by atoms with Crippen LogP contribution in [0.2, 0.25) is 19.6 Å². The van der Waals surface area contributed by atoms with Gasteiger partial charge in [-0.25, -0.2) is 6.57 Å². The van der Waals surface area contributed by atoms with Crippen LogP contribution in [-0.4, -0.2) is 20.0 Å². The maximum absolute atomic E-state index is 8.12. The molecule has 0 aliphatic heterocycles. The Balaban J connectivity index is 0.000000770. The largest absolute Gasteiger partial charge is 0.548 e. The van der Waals surface area contributed by atoms with Gasteiger partial charge >= 0.3 is 6.15 Å². The molecule has 0 heterocycles. The standard InChI is InChI=1S/C11H19NOSi.CO2/c1-11(12-2)8-6-10(7-9-11)13-14(3,4)5;2-1-3/h6H,7-9H2,1,3-5H3;. The molecule has 1 aliphatic rings. The van der Waals surface area contributed by atoms with Crippen LogP contribution in [0.25, 0.3) is 4.85 Å². The minimum absolute atomic E-state index is 0.174. The Morgan fingerprint density at radius 1 is 1.47 bits per heavy atom. The van der Waals surface area contributed by atoms with Crippen molar-refractivity contribution in [1.82, 2.24) is 0 Å². The lowest BCUT2D eigenvalue weighted by atomic mass is 9.88. The summed E-state index contributed by atoms with van der Waals surface area (Å²) in [7, 11) is -1.45. The van der Waals surface area contributed by atoms with Gasteiger partial charge in [0.2, 0.25) is 13.9 Å². The van der Waals surface area contributed by atoms with Crippen molar-refractivity contribution in [3.8, 4) is 0 Å². The van der Waals surface area contributed by atoms with E-state index in [0.29, 0.717) is 0 Å². The molecule has 0 aromatic heterocycles. The van der Waals surface area contributed by atoms with E-state index >= 15 is 0 Å². The molecule has 1 aliphatic carbocycles. The molecule has 0 radical (unpaired) electrons. The number of rotatable bonds is 2. The van der Waals surface area contributed by atoms with E-state index in [9.17, 15) is 0 Å². The highest BCUT2D eigenvalue weighted by molar-refractivity contribution is 6.70. The Hall–Kier alpha value is -1.37. The second kappa shape index (κ2) is 6.38. The van der Waals surface area contributed by atoms with Gasteiger partial charge in [0, 0.05) is 26.2 Å².